The summed E-state index contributed by atoms with van der Waals surface area (Å²) in [7, 11) is 2.06. The lowest BCUT2D eigenvalue weighted by molar-refractivity contribution is 0.0738. The van der Waals surface area contributed by atoms with Gasteiger partial charge in [0, 0.05) is 12.6 Å². The van der Waals surface area contributed by atoms with E-state index in [1.54, 1.807) is 0 Å². The molecule has 2 atom stereocenters. The van der Waals surface area contributed by atoms with Gasteiger partial charge in [-0.3, -0.25) is 0 Å². The van der Waals surface area contributed by atoms with Crippen LogP contribution in [0.4, 0.5) is 0 Å². The molecule has 2 nitrogen and oxygen atoms in total. The normalized spacial score (nSPS) is 13.7. The number of benzene rings is 2. The molecule has 0 aliphatic carbocycles. The quantitative estimate of drug-likeness (QED) is 0.761. The Balaban J connectivity index is 1.92. The Labute approximate surface area is 146 Å². The number of likely N-dealkylation sites (N-methyl/N-ethyl adjacent to an activating group) is 1. The summed E-state index contributed by atoms with van der Waals surface area (Å²) in [6, 6.07) is 18.5. The highest BCUT2D eigenvalue weighted by Crippen LogP contribution is 2.22. The van der Waals surface area contributed by atoms with Crippen molar-refractivity contribution in [1.29, 1.82) is 0 Å². The molecule has 0 amide bonds. The molecule has 2 aromatic rings. The van der Waals surface area contributed by atoms with Crippen molar-refractivity contribution < 1.29 is 5.11 Å². The lowest BCUT2D eigenvalue weighted by Gasteiger charge is -2.29. The molecular weight excluding hydrogens is 294 g/mol. The van der Waals surface area contributed by atoms with Gasteiger partial charge in [0.2, 0.25) is 0 Å². The first-order valence-electron chi connectivity index (χ1n) is 8.73. The first kappa shape index (κ1) is 18.4. The molecule has 0 saturated carbocycles. The predicted molar refractivity (Wildman–Crippen MR) is 103 cm³/mol. The lowest BCUT2D eigenvalue weighted by Crippen LogP contribution is -2.35. The van der Waals surface area contributed by atoms with Crippen LogP contribution in [-0.2, 0) is 6.42 Å². The average molecular weight is 323 g/mol. The van der Waals surface area contributed by atoms with E-state index in [9.17, 15) is 5.11 Å². The van der Waals surface area contributed by atoms with Crippen LogP contribution in [0.3, 0.4) is 0 Å². The Bertz CT molecular complexity index is 650. The smallest absolute Gasteiger partial charge is 0.0942 e. The number of hydrogen-bond donors (Lipinski definition) is 1. The maximum Gasteiger partial charge on any atom is 0.0942 e. The minimum Gasteiger partial charge on any atom is -0.387 e. The van der Waals surface area contributed by atoms with Gasteiger partial charge in [0.1, 0.15) is 0 Å². The molecule has 0 fully saturated rings. The van der Waals surface area contributed by atoms with Gasteiger partial charge in [-0.15, -0.1) is 0 Å². The summed E-state index contributed by atoms with van der Waals surface area (Å²) < 4.78 is 0. The van der Waals surface area contributed by atoms with Crippen molar-refractivity contribution in [2.75, 3.05) is 13.6 Å². The average Bonchev–Trinajstić information content (AvgIpc) is 2.65. The highest BCUT2D eigenvalue weighted by Gasteiger charge is 2.20. The molecule has 0 saturated heterocycles. The van der Waals surface area contributed by atoms with Gasteiger partial charge in [0.25, 0.3) is 0 Å². The molecule has 2 heteroatoms. The van der Waals surface area contributed by atoms with Crippen LogP contribution < -0.4 is 0 Å². The Morgan fingerprint density at radius 2 is 1.83 bits per heavy atom. The number of aryl methyl sites for hydroxylation is 1. The summed E-state index contributed by atoms with van der Waals surface area (Å²) in [4.78, 5) is 2.20. The Morgan fingerprint density at radius 3 is 2.50 bits per heavy atom. The van der Waals surface area contributed by atoms with E-state index in [0.717, 1.165) is 30.5 Å². The van der Waals surface area contributed by atoms with Crippen LogP contribution in [0.15, 0.2) is 61.2 Å². The third kappa shape index (κ3) is 4.80. The summed E-state index contributed by atoms with van der Waals surface area (Å²) in [5, 5.41) is 10.5. The summed E-state index contributed by atoms with van der Waals surface area (Å²) >= 11 is 0. The van der Waals surface area contributed by atoms with Crippen LogP contribution in [-0.4, -0.2) is 29.6 Å². The summed E-state index contributed by atoms with van der Waals surface area (Å²) in [5.74, 6) is 0. The van der Waals surface area contributed by atoms with E-state index in [0.29, 0.717) is 0 Å². The Morgan fingerprint density at radius 1 is 1.12 bits per heavy atom. The minimum absolute atomic E-state index is 0.0576. The number of aliphatic hydroxyl groups excluding tert-OH is 1. The van der Waals surface area contributed by atoms with Crippen molar-refractivity contribution in [3.05, 3.63) is 77.9 Å². The number of hydrogen-bond acceptors (Lipinski definition) is 2. The maximum atomic E-state index is 10.5. The number of aliphatic hydroxyl groups is 1. The van der Waals surface area contributed by atoms with E-state index in [1.807, 2.05) is 30.3 Å². The van der Waals surface area contributed by atoms with E-state index >= 15 is 0 Å². The molecule has 0 spiro atoms. The zero-order valence-electron chi connectivity index (χ0n) is 15.1. The first-order chi connectivity index (χ1) is 11.5. The SMILES string of the molecule is C=C(CCN(C)C(C)C(O)c1ccccc1)c1cccc(CC)c1. The summed E-state index contributed by atoms with van der Waals surface area (Å²) in [5.41, 5.74) is 4.68. The van der Waals surface area contributed by atoms with E-state index in [1.165, 1.54) is 11.1 Å². The van der Waals surface area contributed by atoms with Gasteiger partial charge in [-0.2, -0.15) is 0 Å². The van der Waals surface area contributed by atoms with Crippen molar-refractivity contribution in [1.82, 2.24) is 4.90 Å². The molecule has 0 aliphatic heterocycles. The lowest BCUT2D eigenvalue weighted by atomic mass is 9.99. The van der Waals surface area contributed by atoms with E-state index in [2.05, 4.69) is 56.6 Å². The number of rotatable bonds is 8. The Hall–Kier alpha value is -1.90. The van der Waals surface area contributed by atoms with Crippen LogP contribution >= 0.6 is 0 Å². The van der Waals surface area contributed by atoms with E-state index < -0.39 is 6.10 Å². The molecule has 0 heterocycles. The van der Waals surface area contributed by atoms with Gasteiger partial charge < -0.3 is 10.0 Å². The fourth-order valence-electron chi connectivity index (χ4n) is 2.84. The van der Waals surface area contributed by atoms with Crippen molar-refractivity contribution in [3.8, 4) is 0 Å². The first-order valence-corrected chi connectivity index (χ1v) is 8.73. The molecule has 2 aromatic carbocycles. The molecule has 0 bridgehead atoms. The largest absolute Gasteiger partial charge is 0.387 e. The zero-order valence-corrected chi connectivity index (χ0v) is 15.1. The molecule has 1 N–H and O–H groups in total. The molecule has 0 radical (unpaired) electrons. The monoisotopic (exact) mass is 323 g/mol. The molecule has 2 rings (SSSR count). The minimum atomic E-state index is -0.479. The van der Waals surface area contributed by atoms with Crippen LogP contribution in [0.1, 0.15) is 43.1 Å². The standard InChI is InChI=1S/C22H29NO/c1-5-19-10-9-13-21(16-19)17(2)14-15-23(4)18(3)22(24)20-11-7-6-8-12-20/h6-13,16,18,22,24H,2,5,14-15H2,1,3-4H3. The van der Waals surface area contributed by atoms with Crippen molar-refractivity contribution in [2.24, 2.45) is 0 Å². The van der Waals surface area contributed by atoms with E-state index in [-0.39, 0.29) is 6.04 Å². The summed E-state index contributed by atoms with van der Waals surface area (Å²) in [6.45, 7) is 9.36. The molecule has 128 valence electrons. The molecule has 0 aromatic heterocycles. The zero-order chi connectivity index (χ0) is 17.5. The molecule has 24 heavy (non-hydrogen) atoms. The van der Waals surface area contributed by atoms with Crippen LogP contribution in [0, 0.1) is 0 Å². The fourth-order valence-corrected chi connectivity index (χ4v) is 2.84. The predicted octanol–water partition coefficient (Wildman–Crippen LogP) is 4.71. The van der Waals surface area contributed by atoms with Crippen molar-refractivity contribution >= 4 is 5.57 Å². The summed E-state index contributed by atoms with van der Waals surface area (Å²) in [6.07, 6.45) is 1.46. The second-order valence-corrected chi connectivity index (χ2v) is 6.48. The van der Waals surface area contributed by atoms with Crippen LogP contribution in [0.2, 0.25) is 0 Å². The van der Waals surface area contributed by atoms with Gasteiger partial charge in [0.15, 0.2) is 0 Å². The van der Waals surface area contributed by atoms with Gasteiger partial charge in [-0.1, -0.05) is 68.1 Å². The van der Waals surface area contributed by atoms with E-state index in [4.69, 9.17) is 0 Å². The van der Waals surface area contributed by atoms with Crippen molar-refractivity contribution in [2.45, 2.75) is 38.8 Å². The maximum absolute atomic E-state index is 10.5. The van der Waals surface area contributed by atoms with Gasteiger partial charge in [-0.05, 0) is 49.1 Å². The van der Waals surface area contributed by atoms with Gasteiger partial charge >= 0.3 is 0 Å². The van der Waals surface area contributed by atoms with Gasteiger partial charge in [0.05, 0.1) is 6.10 Å². The van der Waals surface area contributed by atoms with Gasteiger partial charge in [-0.25, -0.2) is 0 Å². The second-order valence-electron chi connectivity index (χ2n) is 6.48. The van der Waals surface area contributed by atoms with Crippen molar-refractivity contribution in [3.63, 3.8) is 0 Å². The third-order valence-corrected chi connectivity index (χ3v) is 4.80. The highest BCUT2D eigenvalue weighted by atomic mass is 16.3. The third-order valence-electron chi connectivity index (χ3n) is 4.80. The topological polar surface area (TPSA) is 23.5 Å². The highest BCUT2D eigenvalue weighted by molar-refractivity contribution is 5.63. The van der Waals surface area contributed by atoms with Crippen LogP contribution in [0.5, 0.6) is 0 Å². The fraction of sp³-hybridized carbons (Fsp3) is 0.364. The molecule has 0 aliphatic rings. The van der Waals surface area contributed by atoms with Crippen LogP contribution in [0.25, 0.3) is 5.57 Å². The molecular formula is C22H29NO. The second kappa shape index (κ2) is 8.81. The Kier molecular flexibility index (Phi) is 6.77. The number of nitrogens with zero attached hydrogens (tertiary/aromatic N) is 1. The molecule has 2 unspecified atom stereocenters.